The maximum atomic E-state index is 12.3. The van der Waals surface area contributed by atoms with Gasteiger partial charge in [-0.1, -0.05) is 18.2 Å². The number of rotatable bonds is 3. The first-order chi connectivity index (χ1) is 9.76. The van der Waals surface area contributed by atoms with Gasteiger partial charge in [-0.2, -0.15) is 0 Å². The Balaban J connectivity index is 1.56. The van der Waals surface area contributed by atoms with Crippen molar-refractivity contribution >= 4 is 11.7 Å². The zero-order chi connectivity index (χ0) is 13.9. The molecule has 0 radical (unpaired) electrons. The predicted octanol–water partition coefficient (Wildman–Crippen LogP) is 2.52. The van der Waals surface area contributed by atoms with Gasteiger partial charge in [-0.05, 0) is 30.9 Å². The molecule has 1 N–H and O–H groups in total. The van der Waals surface area contributed by atoms with Crippen LogP contribution < -0.4 is 5.32 Å². The Morgan fingerprint density at radius 3 is 2.85 bits per heavy atom. The molecule has 4 heteroatoms. The SMILES string of the molecule is COC1CCCC(OC(=O)[C@@H]2Cc3ccccc3N2)C1. The summed E-state index contributed by atoms with van der Waals surface area (Å²) in [4.78, 5) is 12.3. The van der Waals surface area contributed by atoms with Crippen LogP contribution in [0.4, 0.5) is 5.69 Å². The lowest BCUT2D eigenvalue weighted by atomic mass is 9.95. The van der Waals surface area contributed by atoms with Crippen LogP contribution in [0.15, 0.2) is 24.3 Å². The second kappa shape index (κ2) is 5.83. The third kappa shape index (κ3) is 2.80. The minimum absolute atomic E-state index is 0.00622. The van der Waals surface area contributed by atoms with E-state index in [1.807, 2.05) is 18.2 Å². The normalized spacial score (nSPS) is 28.6. The van der Waals surface area contributed by atoms with E-state index in [0.717, 1.165) is 37.8 Å². The molecule has 0 spiro atoms. The molecule has 108 valence electrons. The molecular weight excluding hydrogens is 254 g/mol. The Labute approximate surface area is 119 Å². The average Bonchev–Trinajstić information content (AvgIpc) is 2.91. The minimum atomic E-state index is -0.240. The molecule has 4 nitrogen and oxygen atoms in total. The van der Waals surface area contributed by atoms with Gasteiger partial charge in [0.2, 0.25) is 0 Å². The first-order valence-corrected chi connectivity index (χ1v) is 7.34. The number of carbonyl (C=O) groups excluding carboxylic acids is 1. The Hall–Kier alpha value is -1.55. The molecule has 1 aromatic carbocycles. The van der Waals surface area contributed by atoms with Gasteiger partial charge >= 0.3 is 5.97 Å². The molecule has 20 heavy (non-hydrogen) atoms. The van der Waals surface area contributed by atoms with Crippen LogP contribution in [-0.2, 0) is 20.7 Å². The van der Waals surface area contributed by atoms with E-state index in [9.17, 15) is 4.79 Å². The highest BCUT2D eigenvalue weighted by molar-refractivity contribution is 5.83. The third-order valence-electron chi connectivity index (χ3n) is 4.25. The van der Waals surface area contributed by atoms with E-state index in [1.54, 1.807) is 7.11 Å². The Morgan fingerprint density at radius 2 is 2.05 bits per heavy atom. The van der Waals surface area contributed by atoms with Crippen LogP contribution in [0.25, 0.3) is 0 Å². The van der Waals surface area contributed by atoms with E-state index in [2.05, 4.69) is 11.4 Å². The van der Waals surface area contributed by atoms with Gasteiger partial charge < -0.3 is 14.8 Å². The molecule has 1 aromatic rings. The fourth-order valence-corrected chi connectivity index (χ4v) is 3.11. The van der Waals surface area contributed by atoms with Gasteiger partial charge in [0.15, 0.2) is 0 Å². The standard InChI is InChI=1S/C16H21NO3/c1-19-12-6-4-7-13(10-12)20-16(18)15-9-11-5-2-3-8-14(11)17-15/h2-3,5,8,12-13,15,17H,4,6-7,9-10H2,1H3/t12?,13?,15-/m0/s1. The van der Waals surface area contributed by atoms with Crippen molar-refractivity contribution in [3.8, 4) is 0 Å². The molecule has 1 aliphatic carbocycles. The lowest BCUT2D eigenvalue weighted by Crippen LogP contribution is -2.35. The first-order valence-electron chi connectivity index (χ1n) is 7.34. The van der Waals surface area contributed by atoms with Crippen LogP contribution in [0.2, 0.25) is 0 Å². The van der Waals surface area contributed by atoms with E-state index in [0.29, 0.717) is 0 Å². The van der Waals surface area contributed by atoms with Crippen molar-refractivity contribution < 1.29 is 14.3 Å². The first kappa shape index (κ1) is 13.4. The zero-order valence-corrected chi connectivity index (χ0v) is 11.8. The molecule has 1 aliphatic heterocycles. The second-order valence-electron chi connectivity index (χ2n) is 5.64. The molecule has 3 rings (SSSR count). The van der Waals surface area contributed by atoms with E-state index in [1.165, 1.54) is 5.56 Å². The largest absolute Gasteiger partial charge is 0.461 e. The van der Waals surface area contributed by atoms with Crippen LogP contribution in [0.1, 0.15) is 31.2 Å². The summed E-state index contributed by atoms with van der Waals surface area (Å²) in [5.41, 5.74) is 2.24. The smallest absolute Gasteiger partial charge is 0.329 e. The summed E-state index contributed by atoms with van der Waals surface area (Å²) in [5, 5.41) is 3.24. The Morgan fingerprint density at radius 1 is 1.25 bits per heavy atom. The fourth-order valence-electron chi connectivity index (χ4n) is 3.11. The van der Waals surface area contributed by atoms with E-state index in [-0.39, 0.29) is 24.2 Å². The number of fused-ring (bicyclic) bond motifs is 1. The maximum Gasteiger partial charge on any atom is 0.329 e. The van der Waals surface area contributed by atoms with Crippen LogP contribution in [0.5, 0.6) is 0 Å². The van der Waals surface area contributed by atoms with Crippen molar-refractivity contribution in [2.45, 2.75) is 50.4 Å². The molecule has 2 aliphatic rings. The van der Waals surface area contributed by atoms with Gasteiger partial charge in [0.1, 0.15) is 12.1 Å². The van der Waals surface area contributed by atoms with Crippen LogP contribution in [-0.4, -0.2) is 31.3 Å². The van der Waals surface area contributed by atoms with Gasteiger partial charge in [0.25, 0.3) is 0 Å². The molecule has 0 aromatic heterocycles. The van der Waals surface area contributed by atoms with Crippen molar-refractivity contribution in [3.05, 3.63) is 29.8 Å². The molecule has 0 amide bonds. The maximum absolute atomic E-state index is 12.3. The number of hydrogen-bond acceptors (Lipinski definition) is 4. The highest BCUT2D eigenvalue weighted by Crippen LogP contribution is 2.28. The summed E-state index contributed by atoms with van der Waals surface area (Å²) < 4.78 is 11.0. The molecule has 1 heterocycles. The molecule has 3 atom stereocenters. The number of esters is 1. The number of anilines is 1. The van der Waals surface area contributed by atoms with Crippen LogP contribution in [0, 0.1) is 0 Å². The summed E-state index contributed by atoms with van der Waals surface area (Å²) in [7, 11) is 1.73. The van der Waals surface area contributed by atoms with Crippen molar-refractivity contribution in [2.24, 2.45) is 0 Å². The van der Waals surface area contributed by atoms with Gasteiger partial charge in [-0.3, -0.25) is 0 Å². The molecule has 1 saturated carbocycles. The minimum Gasteiger partial charge on any atom is -0.461 e. The Kier molecular flexibility index (Phi) is 3.92. The molecular formula is C16H21NO3. The highest BCUT2D eigenvalue weighted by atomic mass is 16.5. The van der Waals surface area contributed by atoms with Gasteiger partial charge in [-0.25, -0.2) is 4.79 Å². The molecule has 0 saturated heterocycles. The van der Waals surface area contributed by atoms with E-state index < -0.39 is 0 Å². The highest BCUT2D eigenvalue weighted by Gasteiger charge is 2.31. The number of nitrogens with one attached hydrogen (secondary N) is 1. The lowest BCUT2D eigenvalue weighted by molar-refractivity contribution is -0.153. The second-order valence-corrected chi connectivity index (χ2v) is 5.64. The van der Waals surface area contributed by atoms with Crippen LogP contribution >= 0.6 is 0 Å². The van der Waals surface area contributed by atoms with Gasteiger partial charge in [0, 0.05) is 25.6 Å². The third-order valence-corrected chi connectivity index (χ3v) is 4.25. The molecule has 1 fully saturated rings. The summed E-state index contributed by atoms with van der Waals surface area (Å²) >= 11 is 0. The van der Waals surface area contributed by atoms with Crippen molar-refractivity contribution in [1.29, 1.82) is 0 Å². The number of para-hydroxylation sites is 1. The fraction of sp³-hybridized carbons (Fsp3) is 0.562. The topological polar surface area (TPSA) is 47.6 Å². The summed E-state index contributed by atoms with van der Waals surface area (Å²) in [5.74, 6) is -0.136. The summed E-state index contributed by atoms with van der Waals surface area (Å²) in [6, 6.07) is 7.79. The van der Waals surface area contributed by atoms with Gasteiger partial charge in [-0.15, -0.1) is 0 Å². The molecule has 0 bridgehead atoms. The monoisotopic (exact) mass is 275 g/mol. The van der Waals surface area contributed by atoms with E-state index in [4.69, 9.17) is 9.47 Å². The number of methoxy groups -OCH3 is 1. The van der Waals surface area contributed by atoms with Crippen LogP contribution in [0.3, 0.4) is 0 Å². The average molecular weight is 275 g/mol. The number of hydrogen-bond donors (Lipinski definition) is 1. The zero-order valence-electron chi connectivity index (χ0n) is 11.8. The van der Waals surface area contributed by atoms with Crippen molar-refractivity contribution in [1.82, 2.24) is 0 Å². The Bertz CT molecular complexity index is 463. The number of carbonyl (C=O) groups is 1. The summed E-state index contributed by atoms with van der Waals surface area (Å²) in [6.45, 7) is 0. The van der Waals surface area contributed by atoms with Crippen molar-refractivity contribution in [2.75, 3.05) is 12.4 Å². The summed E-state index contributed by atoms with van der Waals surface area (Å²) in [6.07, 6.45) is 4.86. The predicted molar refractivity (Wildman–Crippen MR) is 76.7 cm³/mol. The quantitative estimate of drug-likeness (QED) is 0.861. The van der Waals surface area contributed by atoms with Crippen molar-refractivity contribution in [3.63, 3.8) is 0 Å². The van der Waals surface area contributed by atoms with Gasteiger partial charge in [0.05, 0.1) is 6.10 Å². The molecule has 2 unspecified atom stereocenters. The lowest BCUT2D eigenvalue weighted by Gasteiger charge is -2.28. The number of benzene rings is 1. The number of ether oxygens (including phenoxy) is 2. The van der Waals surface area contributed by atoms with E-state index >= 15 is 0 Å².